The Labute approximate surface area is 129 Å². The lowest BCUT2D eigenvalue weighted by Gasteiger charge is -2.44. The van der Waals surface area contributed by atoms with E-state index in [0.29, 0.717) is 5.56 Å². The van der Waals surface area contributed by atoms with E-state index in [1.54, 1.807) is 12.1 Å². The summed E-state index contributed by atoms with van der Waals surface area (Å²) in [6, 6.07) is 6.05. The molecule has 0 heterocycles. The molecule has 118 valence electrons. The third-order valence-corrected chi connectivity index (χ3v) is 4.42. The highest BCUT2D eigenvalue weighted by atomic mass is 16.3. The average molecular weight is 304 g/mol. The average Bonchev–Trinajstić information content (AvgIpc) is 2.36. The third kappa shape index (κ3) is 2.81. The van der Waals surface area contributed by atoms with Gasteiger partial charge in [-0.05, 0) is 38.5 Å². The fourth-order valence-corrected chi connectivity index (χ4v) is 3.60. The molecule has 1 fully saturated rings. The highest BCUT2D eigenvalue weighted by molar-refractivity contribution is 6.05. The van der Waals surface area contributed by atoms with Gasteiger partial charge in [0.15, 0.2) is 0 Å². The maximum atomic E-state index is 12.3. The van der Waals surface area contributed by atoms with Crippen molar-refractivity contribution >= 4 is 17.3 Å². The Hall–Kier alpha value is -2.01. The Morgan fingerprint density at radius 3 is 2.14 bits per heavy atom. The number of Topliss-reactive ketones (excluding diaryl/α,β-unsaturated/α-hetero) is 3. The second kappa shape index (κ2) is 5.65. The molecule has 0 amide bonds. The van der Waals surface area contributed by atoms with Gasteiger partial charge in [0, 0.05) is 12.3 Å². The van der Waals surface area contributed by atoms with Crippen LogP contribution in [0.25, 0.3) is 0 Å². The summed E-state index contributed by atoms with van der Waals surface area (Å²) in [6.45, 7) is 4.15. The van der Waals surface area contributed by atoms with E-state index in [4.69, 9.17) is 0 Å². The molecule has 5 nitrogen and oxygen atoms in total. The van der Waals surface area contributed by atoms with Crippen molar-refractivity contribution in [2.24, 2.45) is 11.8 Å². The number of hydrogen-bond donors (Lipinski definition) is 2. The van der Waals surface area contributed by atoms with Crippen LogP contribution in [-0.2, 0) is 14.4 Å². The molecule has 0 aromatic heterocycles. The number of carbonyl (C=O) groups is 3. The molecule has 4 atom stereocenters. The Kier molecular flexibility index (Phi) is 4.20. The topological polar surface area (TPSA) is 91.7 Å². The molecule has 2 rings (SSSR count). The van der Waals surface area contributed by atoms with E-state index in [-0.39, 0.29) is 29.5 Å². The lowest BCUT2D eigenvalue weighted by atomic mass is 9.60. The SMILES string of the molecule is CC(=O)[C@@H]1C(=O)C[C@](C)(O)[C@@H](C(C)=O)[C@H]1c1ccc(O)cc1. The first-order chi connectivity index (χ1) is 10.1. The highest BCUT2D eigenvalue weighted by Crippen LogP contribution is 2.46. The molecule has 0 saturated heterocycles. The van der Waals surface area contributed by atoms with E-state index in [9.17, 15) is 24.6 Å². The molecule has 1 aromatic carbocycles. The lowest BCUT2D eigenvalue weighted by molar-refractivity contribution is -0.151. The minimum Gasteiger partial charge on any atom is -0.508 e. The molecule has 0 bridgehead atoms. The second-order valence-electron chi connectivity index (χ2n) is 6.29. The van der Waals surface area contributed by atoms with E-state index in [2.05, 4.69) is 0 Å². The first-order valence-electron chi connectivity index (χ1n) is 7.20. The van der Waals surface area contributed by atoms with Crippen molar-refractivity contribution in [2.75, 3.05) is 0 Å². The Morgan fingerprint density at radius 1 is 1.14 bits per heavy atom. The van der Waals surface area contributed by atoms with Crippen LogP contribution in [0, 0.1) is 11.8 Å². The summed E-state index contributed by atoms with van der Waals surface area (Å²) in [4.78, 5) is 36.4. The zero-order valence-electron chi connectivity index (χ0n) is 12.9. The molecule has 1 aliphatic carbocycles. The number of ketones is 3. The zero-order chi connectivity index (χ0) is 16.7. The first-order valence-corrected chi connectivity index (χ1v) is 7.20. The monoisotopic (exact) mass is 304 g/mol. The molecule has 2 N–H and O–H groups in total. The molecule has 0 radical (unpaired) electrons. The van der Waals surface area contributed by atoms with E-state index < -0.39 is 23.4 Å². The van der Waals surface area contributed by atoms with Gasteiger partial charge in [0.25, 0.3) is 0 Å². The van der Waals surface area contributed by atoms with Gasteiger partial charge in [0.05, 0.1) is 17.4 Å². The molecule has 0 unspecified atom stereocenters. The molecule has 1 saturated carbocycles. The van der Waals surface area contributed by atoms with Crippen LogP contribution in [0.1, 0.15) is 38.7 Å². The summed E-state index contributed by atoms with van der Waals surface area (Å²) >= 11 is 0. The summed E-state index contributed by atoms with van der Waals surface area (Å²) in [5.74, 6) is -3.38. The molecular weight excluding hydrogens is 284 g/mol. The molecule has 0 aliphatic heterocycles. The highest BCUT2D eigenvalue weighted by Gasteiger charge is 2.53. The molecule has 1 aromatic rings. The zero-order valence-corrected chi connectivity index (χ0v) is 12.9. The maximum absolute atomic E-state index is 12.3. The predicted octanol–water partition coefficient (Wildman–Crippen LogP) is 1.61. The summed E-state index contributed by atoms with van der Waals surface area (Å²) in [5.41, 5.74) is -0.899. The van der Waals surface area contributed by atoms with E-state index in [1.165, 1.54) is 32.9 Å². The van der Waals surface area contributed by atoms with E-state index >= 15 is 0 Å². The largest absolute Gasteiger partial charge is 0.508 e. The number of benzene rings is 1. The molecule has 1 aliphatic rings. The van der Waals surface area contributed by atoms with Crippen molar-refractivity contribution in [3.05, 3.63) is 29.8 Å². The molecule has 0 spiro atoms. The quantitative estimate of drug-likeness (QED) is 0.828. The summed E-state index contributed by atoms with van der Waals surface area (Å²) in [5, 5.41) is 20.0. The van der Waals surface area contributed by atoms with Crippen molar-refractivity contribution in [1.29, 1.82) is 0 Å². The van der Waals surface area contributed by atoms with Gasteiger partial charge in [-0.1, -0.05) is 12.1 Å². The number of phenols is 1. The van der Waals surface area contributed by atoms with Gasteiger partial charge in [-0.2, -0.15) is 0 Å². The van der Waals surface area contributed by atoms with Gasteiger partial charge in [-0.15, -0.1) is 0 Å². The minimum atomic E-state index is -1.49. The van der Waals surface area contributed by atoms with Crippen molar-refractivity contribution in [2.45, 2.75) is 38.7 Å². The Bertz CT molecular complexity index is 614. The van der Waals surface area contributed by atoms with Gasteiger partial charge >= 0.3 is 0 Å². The lowest BCUT2D eigenvalue weighted by Crippen LogP contribution is -2.53. The van der Waals surface area contributed by atoms with Gasteiger partial charge in [-0.3, -0.25) is 14.4 Å². The summed E-state index contributed by atoms with van der Waals surface area (Å²) < 4.78 is 0. The number of carbonyl (C=O) groups excluding carboxylic acids is 3. The van der Waals surface area contributed by atoms with Gasteiger partial charge in [0.2, 0.25) is 0 Å². The summed E-state index contributed by atoms with van der Waals surface area (Å²) in [7, 11) is 0. The van der Waals surface area contributed by atoms with E-state index in [1.807, 2.05) is 0 Å². The van der Waals surface area contributed by atoms with Crippen molar-refractivity contribution < 1.29 is 24.6 Å². The van der Waals surface area contributed by atoms with Crippen LogP contribution in [0.4, 0.5) is 0 Å². The van der Waals surface area contributed by atoms with E-state index in [0.717, 1.165) is 0 Å². The van der Waals surface area contributed by atoms with Crippen LogP contribution in [-0.4, -0.2) is 33.2 Å². The normalized spacial score (nSPS) is 31.8. The van der Waals surface area contributed by atoms with Crippen molar-refractivity contribution in [3.63, 3.8) is 0 Å². The Balaban J connectivity index is 2.61. The maximum Gasteiger partial charge on any atom is 0.146 e. The van der Waals surface area contributed by atoms with Crippen LogP contribution in [0.15, 0.2) is 24.3 Å². The molecule has 22 heavy (non-hydrogen) atoms. The standard InChI is InChI=1S/C17H20O5/c1-9(18)14-13(21)8-17(3,22)16(10(2)19)15(14)11-4-6-12(20)7-5-11/h4-7,14-16,20,22H,8H2,1-3H3/t14-,15+,16+,17+/m1/s1. The van der Waals surface area contributed by atoms with Crippen molar-refractivity contribution in [1.82, 2.24) is 0 Å². The fourth-order valence-electron chi connectivity index (χ4n) is 3.60. The predicted molar refractivity (Wildman–Crippen MR) is 79.4 cm³/mol. The second-order valence-corrected chi connectivity index (χ2v) is 6.29. The van der Waals surface area contributed by atoms with Crippen LogP contribution >= 0.6 is 0 Å². The fraction of sp³-hybridized carbons (Fsp3) is 0.471. The third-order valence-electron chi connectivity index (χ3n) is 4.42. The number of phenolic OH excluding ortho intramolecular Hbond substituents is 1. The van der Waals surface area contributed by atoms with Crippen LogP contribution in [0.2, 0.25) is 0 Å². The number of rotatable bonds is 3. The van der Waals surface area contributed by atoms with Gasteiger partial charge in [-0.25, -0.2) is 0 Å². The van der Waals surface area contributed by atoms with Gasteiger partial charge < -0.3 is 10.2 Å². The first kappa shape index (κ1) is 16.4. The van der Waals surface area contributed by atoms with Crippen LogP contribution in [0.5, 0.6) is 5.75 Å². The summed E-state index contributed by atoms with van der Waals surface area (Å²) in [6.07, 6.45) is -0.212. The number of hydrogen-bond acceptors (Lipinski definition) is 5. The van der Waals surface area contributed by atoms with Gasteiger partial charge in [0.1, 0.15) is 23.1 Å². The minimum absolute atomic E-state index is 0.0522. The molecular formula is C17H20O5. The number of aliphatic hydroxyl groups is 1. The Morgan fingerprint density at radius 2 is 1.68 bits per heavy atom. The smallest absolute Gasteiger partial charge is 0.146 e. The van der Waals surface area contributed by atoms with Crippen molar-refractivity contribution in [3.8, 4) is 5.75 Å². The van der Waals surface area contributed by atoms with Crippen LogP contribution in [0.3, 0.4) is 0 Å². The molecule has 5 heteroatoms. The number of aromatic hydroxyl groups is 1. The van der Waals surface area contributed by atoms with Crippen LogP contribution < -0.4 is 0 Å².